The number of rotatable bonds is 1. The summed E-state index contributed by atoms with van der Waals surface area (Å²) >= 11 is 11.4. The van der Waals surface area contributed by atoms with E-state index >= 15 is 0 Å². The third kappa shape index (κ3) is 1.66. The van der Waals surface area contributed by atoms with Gasteiger partial charge in [0.25, 0.3) is 0 Å². The zero-order valence-electron chi connectivity index (χ0n) is 7.02. The molecular formula is C6H4Cl2N6. The van der Waals surface area contributed by atoms with Gasteiger partial charge in [-0.25, -0.2) is 9.97 Å². The van der Waals surface area contributed by atoms with Gasteiger partial charge >= 0.3 is 0 Å². The molecule has 72 valence electrons. The standard InChI is InChI=1S/C6H4Cl2N6/c1-14-12-5(11-13-14)3-2-9-6(8)10-4(3)7/h2H,1H3. The van der Waals surface area contributed by atoms with Gasteiger partial charge in [0, 0.05) is 6.20 Å². The summed E-state index contributed by atoms with van der Waals surface area (Å²) in [7, 11) is 1.65. The second kappa shape index (κ2) is 3.47. The van der Waals surface area contributed by atoms with E-state index in [1.54, 1.807) is 7.05 Å². The minimum absolute atomic E-state index is 0.0858. The Morgan fingerprint density at radius 1 is 1.36 bits per heavy atom. The Bertz CT molecular complexity index is 467. The molecule has 2 heterocycles. The summed E-state index contributed by atoms with van der Waals surface area (Å²) in [6, 6.07) is 0. The van der Waals surface area contributed by atoms with Crippen LogP contribution in [0.25, 0.3) is 11.4 Å². The van der Waals surface area contributed by atoms with E-state index in [4.69, 9.17) is 23.2 Å². The van der Waals surface area contributed by atoms with Crippen LogP contribution in [0.5, 0.6) is 0 Å². The smallest absolute Gasteiger partial charge is 0.223 e. The van der Waals surface area contributed by atoms with Gasteiger partial charge in [-0.15, -0.1) is 10.2 Å². The van der Waals surface area contributed by atoms with Crippen molar-refractivity contribution in [2.45, 2.75) is 0 Å². The van der Waals surface area contributed by atoms with Crippen LogP contribution < -0.4 is 0 Å². The van der Waals surface area contributed by atoms with Crippen molar-refractivity contribution >= 4 is 23.2 Å². The fraction of sp³-hybridized carbons (Fsp3) is 0.167. The van der Waals surface area contributed by atoms with E-state index in [0.717, 1.165) is 0 Å². The molecule has 14 heavy (non-hydrogen) atoms. The predicted octanol–water partition coefficient (Wildman–Crippen LogP) is 0.974. The van der Waals surface area contributed by atoms with Crippen molar-refractivity contribution in [3.63, 3.8) is 0 Å². The Hall–Kier alpha value is -1.27. The summed E-state index contributed by atoms with van der Waals surface area (Å²) in [5.74, 6) is 0.370. The minimum atomic E-state index is 0.0858. The lowest BCUT2D eigenvalue weighted by Crippen LogP contribution is -1.93. The number of aryl methyl sites for hydroxylation is 1. The lowest BCUT2D eigenvalue weighted by Gasteiger charge is -1.96. The molecule has 0 radical (unpaired) electrons. The maximum atomic E-state index is 5.82. The van der Waals surface area contributed by atoms with E-state index in [-0.39, 0.29) is 10.4 Å². The van der Waals surface area contributed by atoms with Crippen LogP contribution in [0, 0.1) is 0 Å². The SMILES string of the molecule is Cn1nnc(-c2cnc(Cl)nc2Cl)n1. The highest BCUT2D eigenvalue weighted by Gasteiger charge is 2.11. The average molecular weight is 231 g/mol. The largest absolute Gasteiger partial charge is 0.226 e. The molecule has 0 aliphatic heterocycles. The van der Waals surface area contributed by atoms with Gasteiger partial charge in [0.05, 0.1) is 12.6 Å². The van der Waals surface area contributed by atoms with Crippen LogP contribution in [-0.2, 0) is 7.05 Å². The van der Waals surface area contributed by atoms with Gasteiger partial charge in [0.2, 0.25) is 11.1 Å². The first-order chi connectivity index (χ1) is 6.66. The monoisotopic (exact) mass is 230 g/mol. The normalized spacial score (nSPS) is 10.5. The maximum Gasteiger partial charge on any atom is 0.223 e. The summed E-state index contributed by atoms with van der Waals surface area (Å²) in [6.45, 7) is 0. The first-order valence-corrected chi connectivity index (χ1v) is 4.35. The molecule has 8 heteroatoms. The number of aromatic nitrogens is 6. The average Bonchev–Trinajstić information content (AvgIpc) is 2.51. The Labute approximate surface area is 88.9 Å². The van der Waals surface area contributed by atoms with E-state index < -0.39 is 0 Å². The Morgan fingerprint density at radius 3 is 2.71 bits per heavy atom. The number of nitrogens with zero attached hydrogens (tertiary/aromatic N) is 6. The number of tetrazole rings is 1. The summed E-state index contributed by atoms with van der Waals surface area (Å²) in [5.41, 5.74) is 0.504. The molecule has 0 atom stereocenters. The van der Waals surface area contributed by atoms with Crippen molar-refractivity contribution in [1.82, 2.24) is 30.2 Å². The van der Waals surface area contributed by atoms with Crippen LogP contribution in [0.2, 0.25) is 10.4 Å². The van der Waals surface area contributed by atoms with Crippen LogP contribution in [0.1, 0.15) is 0 Å². The van der Waals surface area contributed by atoms with Crippen LogP contribution in [0.3, 0.4) is 0 Å². The van der Waals surface area contributed by atoms with E-state index in [1.807, 2.05) is 0 Å². The zero-order valence-corrected chi connectivity index (χ0v) is 8.53. The Morgan fingerprint density at radius 2 is 2.14 bits per heavy atom. The van der Waals surface area contributed by atoms with Crippen LogP contribution >= 0.6 is 23.2 Å². The molecule has 0 saturated carbocycles. The molecule has 0 N–H and O–H groups in total. The molecule has 2 rings (SSSR count). The highest BCUT2D eigenvalue weighted by Crippen LogP contribution is 2.22. The summed E-state index contributed by atoms with van der Waals surface area (Å²) < 4.78 is 0. The van der Waals surface area contributed by atoms with Gasteiger partial charge in [0.15, 0.2) is 0 Å². The summed E-state index contributed by atoms with van der Waals surface area (Å²) in [6.07, 6.45) is 1.45. The lowest BCUT2D eigenvalue weighted by atomic mass is 10.3. The van der Waals surface area contributed by atoms with Crippen molar-refractivity contribution < 1.29 is 0 Å². The first kappa shape index (κ1) is 9.29. The first-order valence-electron chi connectivity index (χ1n) is 3.59. The Kier molecular flexibility index (Phi) is 2.30. The topological polar surface area (TPSA) is 69.4 Å². The predicted molar refractivity (Wildman–Crippen MR) is 49.8 cm³/mol. The van der Waals surface area contributed by atoms with Crippen LogP contribution in [-0.4, -0.2) is 30.2 Å². The van der Waals surface area contributed by atoms with Crippen molar-refractivity contribution in [3.05, 3.63) is 16.6 Å². The van der Waals surface area contributed by atoms with E-state index in [9.17, 15) is 0 Å². The highest BCUT2D eigenvalue weighted by molar-refractivity contribution is 6.33. The molecule has 0 unspecified atom stereocenters. The third-order valence-corrected chi connectivity index (χ3v) is 1.93. The van der Waals surface area contributed by atoms with Crippen molar-refractivity contribution in [3.8, 4) is 11.4 Å². The van der Waals surface area contributed by atoms with E-state index in [1.165, 1.54) is 11.0 Å². The fourth-order valence-electron chi connectivity index (χ4n) is 0.883. The minimum Gasteiger partial charge on any atom is -0.226 e. The van der Waals surface area contributed by atoms with Gasteiger partial charge in [-0.2, -0.15) is 4.80 Å². The summed E-state index contributed by atoms with van der Waals surface area (Å²) in [4.78, 5) is 8.86. The fourth-order valence-corrected chi connectivity index (χ4v) is 1.27. The summed E-state index contributed by atoms with van der Waals surface area (Å²) in [5, 5.41) is 11.7. The molecule has 2 aromatic heterocycles. The van der Waals surface area contributed by atoms with Gasteiger partial charge < -0.3 is 0 Å². The molecule has 0 aliphatic rings. The van der Waals surface area contributed by atoms with Crippen LogP contribution in [0.15, 0.2) is 6.20 Å². The molecule has 0 bridgehead atoms. The van der Waals surface area contributed by atoms with Gasteiger partial charge in [0.1, 0.15) is 5.15 Å². The molecule has 0 spiro atoms. The molecule has 0 amide bonds. The Balaban J connectivity index is 2.52. The number of hydrogen-bond acceptors (Lipinski definition) is 5. The van der Waals surface area contributed by atoms with Gasteiger partial charge in [-0.1, -0.05) is 11.6 Å². The molecule has 6 nitrogen and oxygen atoms in total. The molecule has 0 aromatic carbocycles. The zero-order chi connectivity index (χ0) is 10.1. The lowest BCUT2D eigenvalue weighted by molar-refractivity contribution is 0.630. The molecule has 2 aromatic rings. The van der Waals surface area contributed by atoms with Crippen LogP contribution in [0.4, 0.5) is 0 Å². The van der Waals surface area contributed by atoms with Gasteiger partial charge in [-0.3, -0.25) is 0 Å². The third-order valence-electron chi connectivity index (χ3n) is 1.46. The van der Waals surface area contributed by atoms with Gasteiger partial charge in [-0.05, 0) is 16.8 Å². The second-order valence-corrected chi connectivity index (χ2v) is 3.14. The quantitative estimate of drug-likeness (QED) is 0.540. The molecule has 0 fully saturated rings. The van der Waals surface area contributed by atoms with Crippen molar-refractivity contribution in [1.29, 1.82) is 0 Å². The van der Waals surface area contributed by atoms with E-state index in [2.05, 4.69) is 25.4 Å². The molecule has 0 saturated heterocycles. The highest BCUT2D eigenvalue weighted by atomic mass is 35.5. The van der Waals surface area contributed by atoms with Crippen molar-refractivity contribution in [2.24, 2.45) is 7.05 Å². The number of hydrogen-bond donors (Lipinski definition) is 0. The maximum absolute atomic E-state index is 5.82. The molecular weight excluding hydrogens is 227 g/mol. The van der Waals surface area contributed by atoms with Crippen molar-refractivity contribution in [2.75, 3.05) is 0 Å². The number of halogens is 2. The molecule has 0 aliphatic carbocycles. The second-order valence-electron chi connectivity index (χ2n) is 2.45. The van der Waals surface area contributed by atoms with E-state index in [0.29, 0.717) is 11.4 Å².